The van der Waals surface area contributed by atoms with Gasteiger partial charge in [0.15, 0.2) is 15.6 Å². The summed E-state index contributed by atoms with van der Waals surface area (Å²) < 4.78 is 33.8. The van der Waals surface area contributed by atoms with Crippen LogP contribution in [0.3, 0.4) is 0 Å². The van der Waals surface area contributed by atoms with Crippen molar-refractivity contribution in [3.63, 3.8) is 0 Å². The molecule has 1 aliphatic heterocycles. The van der Waals surface area contributed by atoms with Gasteiger partial charge in [0.25, 0.3) is 5.56 Å². The molecule has 2 aromatic heterocycles. The van der Waals surface area contributed by atoms with Gasteiger partial charge in [0.1, 0.15) is 17.5 Å². The van der Waals surface area contributed by atoms with Crippen LogP contribution in [-0.2, 0) is 16.4 Å². The van der Waals surface area contributed by atoms with Gasteiger partial charge in [0, 0.05) is 23.2 Å². The van der Waals surface area contributed by atoms with Gasteiger partial charge in [-0.05, 0) is 94.6 Å². The average Bonchev–Trinajstić information content (AvgIpc) is 3.86. The standard InChI is InChI=1S/C32H35N5O5S/c1-20(2)43(40,41)28-6-4-3-5-22(28)19-37-30-23(17-27(31(37)39)29(38)21-7-8-21)18-34-32(36-30)35-24-9-11-25(12-10-24)42-26-13-15-33-16-14-26/h3-6,9-12,17-18,20-21,26,33H,7-8,13-16,19H2,1-2H3,(H,34,35,36). The third-order valence-corrected chi connectivity index (χ3v) is 10.2. The Morgan fingerprint density at radius 3 is 2.49 bits per heavy atom. The van der Waals surface area contributed by atoms with Gasteiger partial charge >= 0.3 is 0 Å². The topological polar surface area (TPSA) is 132 Å². The first-order valence-electron chi connectivity index (χ1n) is 14.7. The van der Waals surface area contributed by atoms with Crippen molar-refractivity contribution in [1.29, 1.82) is 0 Å². The van der Waals surface area contributed by atoms with Crippen molar-refractivity contribution in [1.82, 2.24) is 19.9 Å². The summed E-state index contributed by atoms with van der Waals surface area (Å²) in [6.45, 7) is 5.08. The third kappa shape index (κ3) is 6.18. The van der Waals surface area contributed by atoms with Gasteiger partial charge in [0.05, 0.1) is 22.3 Å². The van der Waals surface area contributed by atoms with Gasteiger partial charge in [-0.1, -0.05) is 18.2 Å². The van der Waals surface area contributed by atoms with E-state index in [4.69, 9.17) is 4.74 Å². The fourth-order valence-corrected chi connectivity index (χ4v) is 6.57. The Morgan fingerprint density at radius 2 is 1.79 bits per heavy atom. The fraction of sp³-hybridized carbons (Fsp3) is 0.375. The fourth-order valence-electron chi connectivity index (χ4n) is 5.30. The van der Waals surface area contributed by atoms with Crippen molar-refractivity contribution < 1.29 is 17.9 Å². The first kappa shape index (κ1) is 29.0. The first-order chi connectivity index (χ1) is 20.7. The highest BCUT2D eigenvalue weighted by atomic mass is 32.2. The van der Waals surface area contributed by atoms with Crippen molar-refractivity contribution in [2.75, 3.05) is 18.4 Å². The Morgan fingerprint density at radius 1 is 1.07 bits per heavy atom. The van der Waals surface area contributed by atoms with Crippen LogP contribution in [0.1, 0.15) is 55.5 Å². The zero-order chi connectivity index (χ0) is 30.1. The molecule has 4 aromatic rings. The Hall–Kier alpha value is -4.09. The molecule has 2 N–H and O–H groups in total. The Labute approximate surface area is 250 Å². The number of benzene rings is 2. The van der Waals surface area contributed by atoms with Gasteiger partial charge in [0.2, 0.25) is 5.95 Å². The molecule has 3 heterocycles. The summed E-state index contributed by atoms with van der Waals surface area (Å²) in [5.74, 6) is 0.694. The van der Waals surface area contributed by atoms with Crippen LogP contribution in [0.4, 0.5) is 11.6 Å². The predicted molar refractivity (Wildman–Crippen MR) is 165 cm³/mol. The molecule has 2 aromatic carbocycles. The number of hydrogen-bond acceptors (Lipinski definition) is 9. The number of nitrogens with zero attached hydrogens (tertiary/aromatic N) is 3. The van der Waals surface area contributed by atoms with Crippen LogP contribution in [0.25, 0.3) is 11.0 Å². The van der Waals surface area contributed by atoms with Crippen molar-refractivity contribution in [3.05, 3.63) is 82.3 Å². The Balaban J connectivity index is 1.36. The maximum absolute atomic E-state index is 13.8. The molecule has 0 bridgehead atoms. The van der Waals surface area contributed by atoms with E-state index in [1.807, 2.05) is 24.3 Å². The summed E-state index contributed by atoms with van der Waals surface area (Å²) in [5, 5.41) is 6.40. The maximum atomic E-state index is 13.8. The van der Waals surface area contributed by atoms with Gasteiger partial charge in [-0.25, -0.2) is 13.4 Å². The minimum Gasteiger partial charge on any atom is -0.490 e. The van der Waals surface area contributed by atoms with Crippen LogP contribution in [0.2, 0.25) is 0 Å². The highest BCUT2D eigenvalue weighted by molar-refractivity contribution is 7.92. The number of carbonyl (C=O) groups is 1. The van der Waals surface area contributed by atoms with Gasteiger partial charge in [-0.3, -0.25) is 14.2 Å². The number of ether oxygens (including phenoxy) is 1. The van der Waals surface area contributed by atoms with Crippen LogP contribution in [0.15, 0.2) is 70.5 Å². The lowest BCUT2D eigenvalue weighted by atomic mass is 10.1. The summed E-state index contributed by atoms with van der Waals surface area (Å²) in [5.41, 5.74) is 1.07. The van der Waals surface area contributed by atoms with E-state index in [1.165, 1.54) is 4.57 Å². The quantitative estimate of drug-likeness (QED) is 0.252. The van der Waals surface area contributed by atoms with E-state index in [0.29, 0.717) is 16.6 Å². The molecule has 2 fully saturated rings. The number of aromatic nitrogens is 3. The van der Waals surface area contributed by atoms with Gasteiger partial charge < -0.3 is 15.4 Å². The average molecular weight is 602 g/mol. The van der Waals surface area contributed by atoms with Gasteiger partial charge in [-0.15, -0.1) is 0 Å². The lowest BCUT2D eigenvalue weighted by Gasteiger charge is -2.23. The molecule has 0 spiro atoms. The molecule has 0 unspecified atom stereocenters. The SMILES string of the molecule is CC(C)S(=O)(=O)c1ccccc1Cn1c(=O)c(C(=O)C2CC2)cc2cnc(Nc3ccc(OC4CCNCC4)cc3)nc21. The zero-order valence-electron chi connectivity index (χ0n) is 24.2. The molecule has 10 nitrogen and oxygen atoms in total. The number of hydrogen-bond donors (Lipinski definition) is 2. The lowest BCUT2D eigenvalue weighted by Crippen LogP contribution is -2.34. The van der Waals surface area contributed by atoms with Crippen LogP contribution < -0.4 is 20.9 Å². The smallest absolute Gasteiger partial charge is 0.263 e. The van der Waals surface area contributed by atoms with E-state index in [-0.39, 0.29) is 40.8 Å². The molecule has 1 aliphatic carbocycles. The van der Waals surface area contributed by atoms with E-state index >= 15 is 0 Å². The molecule has 43 heavy (non-hydrogen) atoms. The predicted octanol–water partition coefficient (Wildman–Crippen LogP) is 4.49. The number of rotatable bonds is 10. The summed E-state index contributed by atoms with van der Waals surface area (Å²) >= 11 is 0. The second-order valence-electron chi connectivity index (χ2n) is 11.5. The molecule has 0 amide bonds. The number of carbonyl (C=O) groups excluding carboxylic acids is 1. The Bertz CT molecular complexity index is 1830. The number of nitrogens with one attached hydrogen (secondary N) is 2. The minimum absolute atomic E-state index is 0.0670. The van der Waals surface area contributed by atoms with Gasteiger partial charge in [-0.2, -0.15) is 4.98 Å². The van der Waals surface area contributed by atoms with E-state index in [2.05, 4.69) is 20.6 Å². The molecular weight excluding hydrogens is 566 g/mol. The normalized spacial score (nSPS) is 16.0. The second kappa shape index (κ2) is 11.9. The van der Waals surface area contributed by atoms with Crippen molar-refractivity contribution in [2.24, 2.45) is 5.92 Å². The van der Waals surface area contributed by atoms with E-state index in [9.17, 15) is 18.0 Å². The summed E-state index contributed by atoms with van der Waals surface area (Å²) in [6, 6.07) is 15.7. The van der Waals surface area contributed by atoms with E-state index < -0.39 is 20.6 Å². The lowest BCUT2D eigenvalue weighted by molar-refractivity contribution is 0.0965. The number of pyridine rings is 1. The third-order valence-electron chi connectivity index (χ3n) is 7.97. The molecule has 6 rings (SSSR count). The van der Waals surface area contributed by atoms with E-state index in [1.54, 1.807) is 50.4 Å². The van der Waals surface area contributed by atoms with Crippen molar-refractivity contribution >= 4 is 38.3 Å². The molecule has 0 radical (unpaired) electrons. The van der Waals surface area contributed by atoms with Crippen LogP contribution >= 0.6 is 0 Å². The first-order valence-corrected chi connectivity index (χ1v) is 16.3. The molecule has 0 atom stereocenters. The van der Waals surface area contributed by atoms with Crippen LogP contribution in [-0.4, -0.2) is 53.2 Å². The molecular formula is C32H35N5O5S. The Kier molecular flexibility index (Phi) is 8.02. The largest absolute Gasteiger partial charge is 0.490 e. The maximum Gasteiger partial charge on any atom is 0.263 e. The van der Waals surface area contributed by atoms with Crippen LogP contribution in [0, 0.1) is 5.92 Å². The highest BCUT2D eigenvalue weighted by Crippen LogP contribution is 2.32. The molecule has 224 valence electrons. The molecule has 11 heteroatoms. The number of sulfone groups is 1. The van der Waals surface area contributed by atoms with E-state index in [0.717, 1.165) is 50.2 Å². The molecule has 1 saturated heterocycles. The zero-order valence-corrected chi connectivity index (χ0v) is 25.1. The summed E-state index contributed by atoms with van der Waals surface area (Å²) in [7, 11) is -3.63. The number of piperidine rings is 1. The van der Waals surface area contributed by atoms with Crippen molar-refractivity contribution in [3.8, 4) is 5.75 Å². The number of fused-ring (bicyclic) bond motifs is 1. The highest BCUT2D eigenvalue weighted by Gasteiger charge is 2.33. The molecule has 1 saturated carbocycles. The summed E-state index contributed by atoms with van der Waals surface area (Å²) in [6.07, 6.45) is 5.22. The van der Waals surface area contributed by atoms with Crippen molar-refractivity contribution in [2.45, 2.75) is 62.3 Å². The number of anilines is 2. The number of ketones is 1. The monoisotopic (exact) mass is 601 g/mol. The summed E-state index contributed by atoms with van der Waals surface area (Å²) in [4.78, 5) is 36.2. The minimum atomic E-state index is -3.63. The van der Waals surface area contributed by atoms with Crippen LogP contribution in [0.5, 0.6) is 5.75 Å². The number of Topliss-reactive ketones (excluding diaryl/α,β-unsaturated/α-hetero) is 1. The molecule has 2 aliphatic rings. The second-order valence-corrected chi connectivity index (χ2v) is 14.0.